The average Bonchev–Trinajstić information content (AvgIpc) is 3.04. The molecule has 0 aromatic carbocycles. The van der Waals surface area contributed by atoms with Crippen LogP contribution in [0.4, 0.5) is 0 Å². The number of carbonyl (C=O) groups is 2. The first kappa shape index (κ1) is 19.6. The number of hydrogen-bond donors (Lipinski definition) is 2. The van der Waals surface area contributed by atoms with Crippen molar-refractivity contribution < 1.29 is 18.0 Å². The summed E-state index contributed by atoms with van der Waals surface area (Å²) >= 11 is 1.16. The monoisotopic (exact) mass is 385 g/mol. The topological polar surface area (TPSA) is 95.6 Å². The molecule has 9 heteroatoms. The van der Waals surface area contributed by atoms with Crippen LogP contribution in [-0.2, 0) is 26.2 Å². The molecule has 0 saturated carbocycles. The van der Waals surface area contributed by atoms with Gasteiger partial charge in [0.15, 0.2) is 0 Å². The van der Waals surface area contributed by atoms with Crippen molar-refractivity contribution in [2.45, 2.75) is 37.1 Å². The highest BCUT2D eigenvalue weighted by atomic mass is 32.2. The Morgan fingerprint density at radius 2 is 2.16 bits per heavy atom. The van der Waals surface area contributed by atoms with Gasteiger partial charge in [0.05, 0.1) is 6.54 Å². The molecular formula is C16H23N3O4S2. The van der Waals surface area contributed by atoms with Crippen LogP contribution in [0.25, 0.3) is 0 Å². The number of hydrogen-bond acceptors (Lipinski definition) is 5. The van der Waals surface area contributed by atoms with Crippen molar-refractivity contribution in [2.75, 3.05) is 13.1 Å². The SMILES string of the molecule is C=CC(=O)NC1CCN(S(=O)(=O)c2ccc(CNC(C)=O)s2)CC1C. The number of piperidine rings is 1. The first-order valence-corrected chi connectivity index (χ1v) is 10.3. The number of sulfonamides is 1. The molecule has 2 unspecified atom stereocenters. The summed E-state index contributed by atoms with van der Waals surface area (Å²) < 4.78 is 27.4. The van der Waals surface area contributed by atoms with Crippen LogP contribution in [0.5, 0.6) is 0 Å². The Morgan fingerprint density at radius 1 is 1.44 bits per heavy atom. The molecule has 2 N–H and O–H groups in total. The van der Waals surface area contributed by atoms with Crippen molar-refractivity contribution >= 4 is 33.2 Å². The van der Waals surface area contributed by atoms with E-state index in [1.165, 1.54) is 17.3 Å². The molecule has 0 aliphatic carbocycles. The largest absolute Gasteiger partial charge is 0.351 e. The van der Waals surface area contributed by atoms with E-state index in [1.807, 2.05) is 6.92 Å². The standard InChI is InChI=1S/C16H23N3O4S2/c1-4-15(21)18-14-7-8-19(10-11(14)2)25(22,23)16-6-5-13(24-16)9-17-12(3)20/h4-6,11,14H,1,7-10H2,2-3H3,(H,17,20)(H,18,21). The first-order chi connectivity index (χ1) is 11.7. The molecule has 1 fully saturated rings. The fourth-order valence-corrected chi connectivity index (χ4v) is 5.72. The Morgan fingerprint density at radius 3 is 2.76 bits per heavy atom. The van der Waals surface area contributed by atoms with Gasteiger partial charge in [-0.3, -0.25) is 9.59 Å². The second kappa shape index (κ2) is 8.11. The molecule has 1 aliphatic heterocycles. The summed E-state index contributed by atoms with van der Waals surface area (Å²) in [6.07, 6.45) is 1.78. The van der Waals surface area contributed by atoms with Crippen molar-refractivity contribution in [1.29, 1.82) is 0 Å². The Hall–Kier alpha value is -1.71. The van der Waals surface area contributed by atoms with Gasteiger partial charge in [0.2, 0.25) is 11.8 Å². The maximum atomic E-state index is 12.8. The van der Waals surface area contributed by atoms with Crippen molar-refractivity contribution in [3.8, 4) is 0 Å². The zero-order chi connectivity index (χ0) is 18.6. The van der Waals surface area contributed by atoms with E-state index in [9.17, 15) is 18.0 Å². The molecule has 1 aliphatic rings. The van der Waals surface area contributed by atoms with Crippen LogP contribution in [0.2, 0.25) is 0 Å². The molecule has 2 amide bonds. The lowest BCUT2D eigenvalue weighted by molar-refractivity contribution is -0.119. The maximum absolute atomic E-state index is 12.8. The van der Waals surface area contributed by atoms with E-state index in [1.54, 1.807) is 12.1 Å². The van der Waals surface area contributed by atoms with Gasteiger partial charge in [-0.15, -0.1) is 11.3 Å². The Bertz CT molecular complexity index is 757. The molecule has 1 aromatic rings. The van der Waals surface area contributed by atoms with Crippen LogP contribution in [0.1, 0.15) is 25.1 Å². The molecule has 2 heterocycles. The van der Waals surface area contributed by atoms with Gasteiger partial charge in [-0.25, -0.2) is 8.42 Å². The molecule has 0 radical (unpaired) electrons. The van der Waals surface area contributed by atoms with Crippen LogP contribution in [0.15, 0.2) is 29.0 Å². The highest BCUT2D eigenvalue weighted by molar-refractivity contribution is 7.91. The number of thiophene rings is 1. The van der Waals surface area contributed by atoms with Crippen LogP contribution in [0.3, 0.4) is 0 Å². The summed E-state index contributed by atoms with van der Waals surface area (Å²) in [5.41, 5.74) is 0. The lowest BCUT2D eigenvalue weighted by Crippen LogP contribution is -2.51. The smallest absolute Gasteiger partial charge is 0.252 e. The van der Waals surface area contributed by atoms with Gasteiger partial charge < -0.3 is 10.6 Å². The van der Waals surface area contributed by atoms with Crippen molar-refractivity contribution in [3.63, 3.8) is 0 Å². The summed E-state index contributed by atoms with van der Waals surface area (Å²) in [5, 5.41) is 5.50. The zero-order valence-electron chi connectivity index (χ0n) is 14.3. The third-order valence-corrected chi connectivity index (χ3v) is 7.54. The second-order valence-corrected chi connectivity index (χ2v) is 9.41. The van der Waals surface area contributed by atoms with Crippen molar-refractivity contribution in [3.05, 3.63) is 29.7 Å². The first-order valence-electron chi connectivity index (χ1n) is 8.00. The third-order valence-electron chi connectivity index (χ3n) is 4.12. The highest BCUT2D eigenvalue weighted by Crippen LogP contribution is 2.28. The molecule has 2 atom stereocenters. The third kappa shape index (κ3) is 4.90. The van der Waals surface area contributed by atoms with E-state index in [0.717, 1.165) is 16.2 Å². The van der Waals surface area contributed by atoms with Crippen LogP contribution < -0.4 is 10.6 Å². The van der Waals surface area contributed by atoms with Gasteiger partial charge in [0, 0.05) is 30.9 Å². The molecule has 138 valence electrons. The molecule has 7 nitrogen and oxygen atoms in total. The number of rotatable bonds is 6. The predicted molar refractivity (Wildman–Crippen MR) is 96.5 cm³/mol. The molecule has 1 aromatic heterocycles. The van der Waals surface area contributed by atoms with E-state index in [0.29, 0.717) is 26.1 Å². The lowest BCUT2D eigenvalue weighted by Gasteiger charge is -2.36. The van der Waals surface area contributed by atoms with E-state index in [-0.39, 0.29) is 28.0 Å². The summed E-state index contributed by atoms with van der Waals surface area (Å²) in [5.74, 6) is -0.393. The fraction of sp³-hybridized carbons (Fsp3) is 0.500. The normalized spacial score (nSPS) is 21.5. The minimum absolute atomic E-state index is 0.00578. The molecule has 2 rings (SSSR count). The highest BCUT2D eigenvalue weighted by Gasteiger charge is 2.34. The number of carbonyl (C=O) groups excluding carboxylic acids is 2. The van der Waals surface area contributed by atoms with Crippen molar-refractivity contribution in [2.24, 2.45) is 5.92 Å². The molecule has 1 saturated heterocycles. The van der Waals surface area contributed by atoms with E-state index >= 15 is 0 Å². The van der Waals surface area contributed by atoms with Crippen molar-refractivity contribution in [1.82, 2.24) is 14.9 Å². The van der Waals surface area contributed by atoms with Gasteiger partial charge in [0.25, 0.3) is 10.0 Å². The van der Waals surface area contributed by atoms with Gasteiger partial charge in [-0.05, 0) is 30.5 Å². The van der Waals surface area contributed by atoms with E-state index < -0.39 is 10.0 Å². The van der Waals surface area contributed by atoms with E-state index in [4.69, 9.17) is 0 Å². The summed E-state index contributed by atoms with van der Waals surface area (Å²) in [4.78, 5) is 23.2. The fourth-order valence-electron chi connectivity index (χ4n) is 2.71. The van der Waals surface area contributed by atoms with Gasteiger partial charge in [0.1, 0.15) is 4.21 Å². The quantitative estimate of drug-likeness (QED) is 0.717. The minimum atomic E-state index is -3.56. The summed E-state index contributed by atoms with van der Waals surface area (Å²) in [7, 11) is -3.56. The molecule has 0 bridgehead atoms. The van der Waals surface area contributed by atoms with Gasteiger partial charge >= 0.3 is 0 Å². The van der Waals surface area contributed by atoms with Crippen LogP contribution in [0, 0.1) is 5.92 Å². The Balaban J connectivity index is 2.04. The van der Waals surface area contributed by atoms with Gasteiger partial charge in [-0.1, -0.05) is 13.5 Å². The van der Waals surface area contributed by atoms with Crippen LogP contribution >= 0.6 is 11.3 Å². The molecular weight excluding hydrogens is 362 g/mol. The van der Waals surface area contributed by atoms with E-state index in [2.05, 4.69) is 17.2 Å². The maximum Gasteiger partial charge on any atom is 0.252 e. The summed E-state index contributed by atoms with van der Waals surface area (Å²) in [6, 6.07) is 3.23. The molecule has 0 spiro atoms. The minimum Gasteiger partial charge on any atom is -0.351 e. The number of amides is 2. The van der Waals surface area contributed by atoms with Crippen LogP contribution in [-0.4, -0.2) is 43.7 Å². The molecule has 25 heavy (non-hydrogen) atoms. The average molecular weight is 386 g/mol. The lowest BCUT2D eigenvalue weighted by atomic mass is 9.95. The van der Waals surface area contributed by atoms with Gasteiger partial charge in [-0.2, -0.15) is 4.31 Å². The predicted octanol–water partition coefficient (Wildman–Crippen LogP) is 1.09. The Labute approximate surface area is 152 Å². The second-order valence-electron chi connectivity index (χ2n) is 6.08. The zero-order valence-corrected chi connectivity index (χ0v) is 16.0. The number of nitrogens with zero attached hydrogens (tertiary/aromatic N) is 1. The summed E-state index contributed by atoms with van der Waals surface area (Å²) in [6.45, 7) is 7.80. The Kier molecular flexibility index (Phi) is 6.36. The number of nitrogens with one attached hydrogen (secondary N) is 2.